The molecule has 1 unspecified atom stereocenters. The van der Waals surface area contributed by atoms with Crippen LogP contribution >= 0.6 is 0 Å². The lowest BCUT2D eigenvalue weighted by Crippen LogP contribution is -2.24. The molecule has 0 bridgehead atoms. The monoisotopic (exact) mass is 365 g/mol. The summed E-state index contributed by atoms with van der Waals surface area (Å²) >= 11 is 0. The van der Waals surface area contributed by atoms with Crippen molar-refractivity contribution in [3.05, 3.63) is 75.7 Å². The van der Waals surface area contributed by atoms with Crippen LogP contribution in [0, 0.1) is 15.7 Å². The lowest BCUT2D eigenvalue weighted by molar-refractivity contribution is 0.213. The molecule has 4 heteroatoms. The third kappa shape index (κ3) is 3.75. The molecule has 3 rings (SSSR count). The van der Waals surface area contributed by atoms with Crippen LogP contribution in [-0.4, -0.2) is 11.7 Å². The number of hydrogen-bond donors (Lipinski definition) is 1. The molecule has 1 N–H and O–H groups in total. The molecule has 2 aromatic rings. The van der Waals surface area contributed by atoms with Gasteiger partial charge in [0, 0.05) is 11.0 Å². The minimum atomic E-state index is -0.650. The van der Waals surface area contributed by atoms with Crippen LogP contribution in [0.1, 0.15) is 57.4 Å². The van der Waals surface area contributed by atoms with Crippen molar-refractivity contribution in [3.8, 4) is 5.75 Å². The summed E-state index contributed by atoms with van der Waals surface area (Å²) in [5, 5.41) is 12.9. The van der Waals surface area contributed by atoms with Crippen molar-refractivity contribution in [1.29, 1.82) is 0 Å². The van der Waals surface area contributed by atoms with E-state index in [2.05, 4.69) is 39.8 Å². The maximum Gasteiger partial charge on any atom is 0.142 e. The van der Waals surface area contributed by atoms with E-state index in [1.165, 1.54) is 5.57 Å². The van der Waals surface area contributed by atoms with Gasteiger partial charge in [-0.05, 0) is 34.2 Å². The Morgan fingerprint density at radius 1 is 1.07 bits per heavy atom. The minimum Gasteiger partial charge on any atom is -0.508 e. The predicted molar refractivity (Wildman–Crippen MR) is 108 cm³/mol. The highest BCUT2D eigenvalue weighted by Gasteiger charge is 2.41. The van der Waals surface area contributed by atoms with Crippen LogP contribution in [0.3, 0.4) is 0 Å². The number of ether oxygens (including phenoxy) is 1. The summed E-state index contributed by atoms with van der Waals surface area (Å²) in [7, 11) is 0. The van der Waals surface area contributed by atoms with Crippen LogP contribution in [0.2, 0.25) is 0 Å². The first-order chi connectivity index (χ1) is 12.6. The molecule has 1 atom stereocenters. The van der Waals surface area contributed by atoms with Crippen molar-refractivity contribution in [2.24, 2.45) is 16.0 Å². The number of phenols is 1. The Kier molecular flexibility index (Phi) is 4.85. The van der Waals surface area contributed by atoms with E-state index in [1.807, 2.05) is 24.3 Å². The molecule has 0 aliphatic carbocycles. The van der Waals surface area contributed by atoms with Gasteiger partial charge in [0.25, 0.3) is 0 Å². The summed E-state index contributed by atoms with van der Waals surface area (Å²) in [5.41, 5.74) is 3.76. The Labute approximate surface area is 160 Å². The summed E-state index contributed by atoms with van der Waals surface area (Å²) < 4.78 is 6.08. The van der Waals surface area contributed by atoms with E-state index in [4.69, 9.17) is 4.74 Å². The Morgan fingerprint density at radius 2 is 1.74 bits per heavy atom. The fourth-order valence-electron chi connectivity index (χ4n) is 4.11. The number of hydrogen-bond acceptors (Lipinski definition) is 4. The Bertz CT molecular complexity index is 873. The zero-order chi connectivity index (χ0) is 19.8. The van der Waals surface area contributed by atoms with Gasteiger partial charge in [0.2, 0.25) is 0 Å². The molecule has 0 aromatic heterocycles. The molecule has 0 amide bonds. The number of phenolic OH excluding ortho intramolecular Hbond substituents is 1. The van der Waals surface area contributed by atoms with Gasteiger partial charge in [-0.2, -0.15) is 0 Å². The Balaban J connectivity index is 1.99. The van der Waals surface area contributed by atoms with Crippen LogP contribution in [0.5, 0.6) is 5.75 Å². The number of aromatic hydroxyl groups is 1. The Hall–Kier alpha value is -2.62. The van der Waals surface area contributed by atoms with Crippen LogP contribution in [-0.2, 0) is 4.74 Å². The van der Waals surface area contributed by atoms with Gasteiger partial charge in [-0.1, -0.05) is 76.2 Å². The number of nitroso groups, excluding NO2 is 1. The first-order valence-electron chi connectivity index (χ1n) is 9.23. The number of nitrogens with zero attached hydrogens (tertiary/aromatic N) is 1. The Morgan fingerprint density at radius 3 is 2.30 bits per heavy atom. The van der Waals surface area contributed by atoms with Gasteiger partial charge in [0.05, 0.1) is 6.61 Å². The molecule has 0 radical (unpaired) electrons. The molecule has 27 heavy (non-hydrogen) atoms. The average Bonchev–Trinajstić information content (AvgIpc) is 2.92. The molecular weight excluding hydrogens is 338 g/mol. The first-order valence-corrected chi connectivity index (χ1v) is 9.23. The zero-order valence-corrected chi connectivity index (χ0v) is 16.6. The quantitative estimate of drug-likeness (QED) is 0.670. The predicted octanol–water partition coefficient (Wildman–Crippen LogP) is 6.06. The third-order valence-corrected chi connectivity index (χ3v) is 5.01. The van der Waals surface area contributed by atoms with E-state index >= 15 is 0 Å². The van der Waals surface area contributed by atoms with Gasteiger partial charge in [-0.3, -0.25) is 0 Å². The van der Waals surface area contributed by atoms with Gasteiger partial charge in [0.1, 0.15) is 17.6 Å². The SMILES string of the molecule is CC(C)(C)C1=C(c2ccc(C(N=O)c3cccc(O)c3)cc2)OCC1(C)C. The minimum absolute atomic E-state index is 0.00244. The summed E-state index contributed by atoms with van der Waals surface area (Å²) in [4.78, 5) is 11.5. The maximum atomic E-state index is 11.5. The fraction of sp³-hybridized carbons (Fsp3) is 0.391. The zero-order valence-electron chi connectivity index (χ0n) is 16.6. The topological polar surface area (TPSA) is 58.9 Å². The van der Waals surface area contributed by atoms with Crippen molar-refractivity contribution in [1.82, 2.24) is 0 Å². The van der Waals surface area contributed by atoms with Crippen molar-refractivity contribution in [3.63, 3.8) is 0 Å². The molecule has 1 aliphatic rings. The van der Waals surface area contributed by atoms with E-state index in [1.54, 1.807) is 24.3 Å². The van der Waals surface area contributed by atoms with Crippen LogP contribution < -0.4 is 0 Å². The third-order valence-electron chi connectivity index (χ3n) is 5.01. The number of benzene rings is 2. The van der Waals surface area contributed by atoms with E-state index < -0.39 is 6.04 Å². The fourth-order valence-corrected chi connectivity index (χ4v) is 4.11. The van der Waals surface area contributed by atoms with E-state index in [0.717, 1.165) is 16.9 Å². The molecule has 2 aromatic carbocycles. The van der Waals surface area contributed by atoms with E-state index in [0.29, 0.717) is 12.2 Å². The second-order valence-electron chi connectivity index (χ2n) is 8.85. The standard InChI is InChI=1S/C23H27NO3/c1-22(2,3)21-20(27-14-23(21,4)5)16-11-9-15(10-12-16)19(24-26)17-7-6-8-18(25)13-17/h6-13,19,25H,14H2,1-5H3. The average molecular weight is 365 g/mol. The number of rotatable bonds is 4. The smallest absolute Gasteiger partial charge is 0.142 e. The highest BCUT2D eigenvalue weighted by molar-refractivity contribution is 5.68. The normalized spacial score (nSPS) is 17.5. The molecule has 0 fully saturated rings. The lowest BCUT2D eigenvalue weighted by atomic mass is 9.71. The highest BCUT2D eigenvalue weighted by atomic mass is 16.5. The second kappa shape index (κ2) is 6.84. The van der Waals surface area contributed by atoms with Gasteiger partial charge in [0.15, 0.2) is 0 Å². The maximum absolute atomic E-state index is 11.5. The molecule has 4 nitrogen and oxygen atoms in total. The first kappa shape index (κ1) is 19.2. The molecule has 1 heterocycles. The summed E-state index contributed by atoms with van der Waals surface area (Å²) in [5.74, 6) is 1.06. The molecular formula is C23H27NO3. The van der Waals surface area contributed by atoms with Crippen LogP contribution in [0.4, 0.5) is 0 Å². The van der Waals surface area contributed by atoms with E-state index in [-0.39, 0.29) is 16.6 Å². The van der Waals surface area contributed by atoms with Crippen molar-refractivity contribution in [2.75, 3.05) is 6.61 Å². The van der Waals surface area contributed by atoms with Gasteiger partial charge in [-0.25, -0.2) is 0 Å². The summed E-state index contributed by atoms with van der Waals surface area (Å²) in [6, 6.07) is 13.8. The van der Waals surface area contributed by atoms with Gasteiger partial charge >= 0.3 is 0 Å². The van der Waals surface area contributed by atoms with E-state index in [9.17, 15) is 10.0 Å². The molecule has 0 spiro atoms. The molecule has 1 aliphatic heterocycles. The summed E-state index contributed by atoms with van der Waals surface area (Å²) in [6.45, 7) is 11.7. The van der Waals surface area contributed by atoms with Gasteiger partial charge < -0.3 is 9.84 Å². The highest BCUT2D eigenvalue weighted by Crippen LogP contribution is 2.49. The van der Waals surface area contributed by atoms with Crippen LogP contribution in [0.25, 0.3) is 5.76 Å². The van der Waals surface area contributed by atoms with Crippen LogP contribution in [0.15, 0.2) is 59.3 Å². The van der Waals surface area contributed by atoms with Crippen molar-refractivity contribution >= 4 is 5.76 Å². The second-order valence-corrected chi connectivity index (χ2v) is 8.85. The van der Waals surface area contributed by atoms with Crippen molar-refractivity contribution in [2.45, 2.75) is 40.7 Å². The molecule has 142 valence electrons. The lowest BCUT2D eigenvalue weighted by Gasteiger charge is -2.30. The van der Waals surface area contributed by atoms with Gasteiger partial charge in [-0.15, -0.1) is 4.91 Å². The summed E-state index contributed by atoms with van der Waals surface area (Å²) in [6.07, 6.45) is 0. The largest absolute Gasteiger partial charge is 0.508 e. The van der Waals surface area contributed by atoms with Crippen molar-refractivity contribution < 1.29 is 9.84 Å². The molecule has 0 saturated carbocycles. The molecule has 0 saturated heterocycles.